The summed E-state index contributed by atoms with van der Waals surface area (Å²) in [6, 6.07) is 0.506. The Morgan fingerprint density at radius 2 is 2.32 bits per heavy atom. The molecule has 0 radical (unpaired) electrons. The molecule has 22 heavy (non-hydrogen) atoms. The van der Waals surface area contributed by atoms with Crippen LogP contribution in [0.4, 0.5) is 8.78 Å². The smallest absolute Gasteiger partial charge is 0.319 e. The predicted octanol–water partition coefficient (Wildman–Crippen LogP) is 1.43. The maximum atomic E-state index is 12.7. The number of aromatic nitrogens is 2. The zero-order valence-electron chi connectivity index (χ0n) is 13.1. The average molecular weight is 314 g/mol. The summed E-state index contributed by atoms with van der Waals surface area (Å²) >= 11 is 0. The summed E-state index contributed by atoms with van der Waals surface area (Å²) in [5.74, 6) is 0.890. The van der Waals surface area contributed by atoms with Crippen molar-refractivity contribution in [3.63, 3.8) is 0 Å². The molecular weight excluding hydrogens is 290 g/mol. The van der Waals surface area contributed by atoms with Gasteiger partial charge in [0.1, 0.15) is 5.82 Å². The topological polar surface area (TPSA) is 57.5 Å². The van der Waals surface area contributed by atoms with E-state index in [1.165, 1.54) is 25.2 Å². The first-order valence-electron chi connectivity index (χ1n) is 7.64. The lowest BCUT2D eigenvalue weighted by molar-refractivity contribution is 0.0668. The summed E-state index contributed by atoms with van der Waals surface area (Å²) < 4.78 is 26.3. The quantitative estimate of drug-likeness (QED) is 0.616. The molecule has 2 rings (SSSR count). The lowest BCUT2D eigenvalue weighted by Crippen LogP contribution is -2.44. The number of nitrogens with one attached hydrogen (secondary N) is 2. The fraction of sp³-hybridized carbons (Fsp3) is 0.714. The normalized spacial score (nSPS) is 19.9. The second-order valence-corrected chi connectivity index (χ2v) is 5.26. The summed E-state index contributed by atoms with van der Waals surface area (Å²) in [6.45, 7) is 2.78. The van der Waals surface area contributed by atoms with Crippen LogP contribution in [0.5, 0.6) is 0 Å². The molecule has 1 saturated heterocycles. The molecule has 1 aliphatic rings. The number of guanidine groups is 1. The van der Waals surface area contributed by atoms with Crippen LogP contribution in [0.1, 0.15) is 32.1 Å². The van der Waals surface area contributed by atoms with E-state index in [1.807, 2.05) is 0 Å². The first-order valence-corrected chi connectivity index (χ1v) is 7.64. The van der Waals surface area contributed by atoms with Gasteiger partial charge in [-0.25, -0.2) is 4.98 Å². The second kappa shape index (κ2) is 8.07. The average Bonchev–Trinajstić information content (AvgIpc) is 3.15. The van der Waals surface area contributed by atoms with Crippen molar-refractivity contribution in [2.24, 2.45) is 4.99 Å². The summed E-state index contributed by atoms with van der Waals surface area (Å²) in [5, 5.41) is 6.29. The number of hydrogen-bond acceptors (Lipinski definition) is 3. The Kier molecular flexibility index (Phi) is 6.11. The van der Waals surface area contributed by atoms with Gasteiger partial charge < -0.3 is 10.6 Å². The monoisotopic (exact) mass is 314 g/mol. The molecule has 6 nitrogen and oxygen atoms in total. The Labute approximate surface area is 129 Å². The minimum atomic E-state index is -2.58. The van der Waals surface area contributed by atoms with E-state index < -0.39 is 6.55 Å². The van der Waals surface area contributed by atoms with Crippen LogP contribution >= 0.6 is 0 Å². The van der Waals surface area contributed by atoms with Gasteiger partial charge in [-0.3, -0.25) is 14.5 Å². The van der Waals surface area contributed by atoms with E-state index >= 15 is 0 Å². The zero-order chi connectivity index (χ0) is 15.9. The predicted molar refractivity (Wildman–Crippen MR) is 82.0 cm³/mol. The number of halogens is 2. The third-order valence-electron chi connectivity index (χ3n) is 4.01. The maximum Gasteiger partial charge on any atom is 0.319 e. The minimum absolute atomic E-state index is 0.208. The third-order valence-corrected chi connectivity index (χ3v) is 4.01. The number of alkyl halides is 2. The number of aliphatic imine (C=N–C) groups is 1. The van der Waals surface area contributed by atoms with Crippen LogP contribution in [0, 0.1) is 0 Å². The Hall–Kier alpha value is -1.70. The molecule has 1 aliphatic heterocycles. The van der Waals surface area contributed by atoms with Gasteiger partial charge in [0.05, 0.1) is 6.54 Å². The molecule has 1 aromatic heterocycles. The fourth-order valence-electron chi connectivity index (χ4n) is 2.80. The molecular formula is C14H24F2N6. The van der Waals surface area contributed by atoms with E-state index in [4.69, 9.17) is 0 Å². The van der Waals surface area contributed by atoms with Crippen LogP contribution in [0.2, 0.25) is 0 Å². The molecule has 0 spiro atoms. The lowest BCUT2D eigenvalue weighted by atomic mass is 10.2. The Balaban J connectivity index is 1.81. The number of hydrogen-bond donors (Lipinski definition) is 2. The van der Waals surface area contributed by atoms with Gasteiger partial charge in [-0.05, 0) is 25.9 Å². The van der Waals surface area contributed by atoms with E-state index in [0.717, 1.165) is 24.2 Å². The van der Waals surface area contributed by atoms with Gasteiger partial charge in [0.25, 0.3) is 0 Å². The molecule has 1 aromatic rings. The summed E-state index contributed by atoms with van der Waals surface area (Å²) in [5.41, 5.74) is 0. The number of nitrogens with zero attached hydrogens (tertiary/aromatic N) is 4. The van der Waals surface area contributed by atoms with Crippen LogP contribution in [0.3, 0.4) is 0 Å². The lowest BCUT2D eigenvalue weighted by Gasteiger charge is -2.23. The Morgan fingerprint density at radius 1 is 1.50 bits per heavy atom. The highest BCUT2D eigenvalue weighted by atomic mass is 19.3. The maximum absolute atomic E-state index is 12.7. The third kappa shape index (κ3) is 4.16. The Morgan fingerprint density at radius 3 is 3.00 bits per heavy atom. The van der Waals surface area contributed by atoms with Gasteiger partial charge in [0.15, 0.2) is 5.96 Å². The number of imidazole rings is 1. The van der Waals surface area contributed by atoms with E-state index in [1.54, 1.807) is 7.05 Å². The van der Waals surface area contributed by atoms with Gasteiger partial charge in [-0.15, -0.1) is 0 Å². The molecule has 2 N–H and O–H groups in total. The number of rotatable bonds is 6. The number of likely N-dealkylation sites (N-methyl/N-ethyl adjacent to an activating group) is 1. The van der Waals surface area contributed by atoms with Crippen LogP contribution in [-0.4, -0.2) is 53.1 Å². The van der Waals surface area contributed by atoms with Gasteiger partial charge in [-0.1, -0.05) is 6.92 Å². The van der Waals surface area contributed by atoms with Gasteiger partial charge in [0, 0.05) is 32.0 Å². The molecule has 0 aromatic carbocycles. The van der Waals surface area contributed by atoms with Crippen LogP contribution in [0.15, 0.2) is 17.4 Å². The fourth-order valence-corrected chi connectivity index (χ4v) is 2.80. The highest BCUT2D eigenvalue weighted by molar-refractivity contribution is 5.79. The van der Waals surface area contributed by atoms with Crippen LogP contribution in [0.25, 0.3) is 0 Å². The van der Waals surface area contributed by atoms with E-state index in [0.29, 0.717) is 12.0 Å². The van der Waals surface area contributed by atoms with Gasteiger partial charge in [0.2, 0.25) is 0 Å². The van der Waals surface area contributed by atoms with Crippen LogP contribution in [-0.2, 0) is 6.54 Å². The molecule has 1 fully saturated rings. The molecule has 1 atom stereocenters. The van der Waals surface area contributed by atoms with Gasteiger partial charge >= 0.3 is 6.55 Å². The van der Waals surface area contributed by atoms with E-state index in [-0.39, 0.29) is 12.4 Å². The largest absolute Gasteiger partial charge is 0.355 e. The minimum Gasteiger partial charge on any atom is -0.355 e. The molecule has 0 aliphatic carbocycles. The first kappa shape index (κ1) is 16.7. The molecule has 1 unspecified atom stereocenters. The number of likely N-dealkylation sites (tertiary alicyclic amines) is 1. The van der Waals surface area contributed by atoms with E-state index in [9.17, 15) is 8.78 Å². The SMILES string of the molecule is CCN1CCCC1CNC(=NC)NCc1nccn1C(F)F. The summed E-state index contributed by atoms with van der Waals surface area (Å²) in [6.07, 6.45) is 5.04. The molecule has 0 bridgehead atoms. The van der Waals surface area contributed by atoms with Crippen molar-refractivity contribution in [2.45, 2.75) is 38.9 Å². The highest BCUT2D eigenvalue weighted by Crippen LogP contribution is 2.15. The van der Waals surface area contributed by atoms with Crippen LogP contribution < -0.4 is 10.6 Å². The van der Waals surface area contributed by atoms with E-state index in [2.05, 4.69) is 32.4 Å². The second-order valence-electron chi connectivity index (χ2n) is 5.26. The van der Waals surface area contributed by atoms with Crippen molar-refractivity contribution in [3.05, 3.63) is 18.2 Å². The first-order chi connectivity index (χ1) is 10.7. The van der Waals surface area contributed by atoms with Crippen molar-refractivity contribution < 1.29 is 8.78 Å². The molecule has 0 amide bonds. The van der Waals surface area contributed by atoms with Crippen molar-refractivity contribution in [1.29, 1.82) is 0 Å². The summed E-state index contributed by atoms with van der Waals surface area (Å²) in [4.78, 5) is 10.5. The van der Waals surface area contributed by atoms with Crippen molar-refractivity contribution in [3.8, 4) is 0 Å². The highest BCUT2D eigenvalue weighted by Gasteiger charge is 2.22. The molecule has 8 heteroatoms. The zero-order valence-corrected chi connectivity index (χ0v) is 13.1. The Bertz CT molecular complexity index is 487. The van der Waals surface area contributed by atoms with Crippen molar-refractivity contribution in [1.82, 2.24) is 25.1 Å². The molecule has 124 valence electrons. The van der Waals surface area contributed by atoms with Crippen molar-refractivity contribution in [2.75, 3.05) is 26.7 Å². The standard InChI is InChI=1S/C14H24F2N6/c1-3-21-7-4-5-11(21)9-19-14(17-2)20-10-12-18-6-8-22(12)13(15)16/h6,8,11,13H,3-5,7,9-10H2,1-2H3,(H2,17,19,20). The molecule has 2 heterocycles. The molecule has 0 saturated carbocycles. The summed E-state index contributed by atoms with van der Waals surface area (Å²) in [7, 11) is 1.67. The van der Waals surface area contributed by atoms with Crippen molar-refractivity contribution >= 4 is 5.96 Å². The van der Waals surface area contributed by atoms with Gasteiger partial charge in [-0.2, -0.15) is 8.78 Å².